The van der Waals surface area contributed by atoms with E-state index in [2.05, 4.69) is 11.9 Å². The molecule has 1 aliphatic heterocycles. The Bertz CT molecular complexity index is 1040. The Balaban J connectivity index is 1.83. The monoisotopic (exact) mass is 406 g/mol. The van der Waals surface area contributed by atoms with E-state index in [1.54, 1.807) is 18.2 Å². The van der Waals surface area contributed by atoms with Gasteiger partial charge in [0.2, 0.25) is 0 Å². The zero-order valence-electron chi connectivity index (χ0n) is 16.8. The summed E-state index contributed by atoms with van der Waals surface area (Å²) in [5.74, 6) is -0.435. The van der Waals surface area contributed by atoms with Crippen molar-refractivity contribution in [3.05, 3.63) is 77.4 Å². The van der Waals surface area contributed by atoms with Crippen LogP contribution in [0.3, 0.4) is 0 Å². The number of nitrogens with one attached hydrogen (secondary N) is 1. The summed E-state index contributed by atoms with van der Waals surface area (Å²) in [5.41, 5.74) is 2.58. The van der Waals surface area contributed by atoms with E-state index in [-0.39, 0.29) is 12.1 Å². The zero-order valence-corrected chi connectivity index (χ0v) is 16.8. The van der Waals surface area contributed by atoms with Gasteiger partial charge in [0, 0.05) is 6.54 Å². The number of aryl methyl sites for hydroxylation is 1. The predicted molar refractivity (Wildman–Crippen MR) is 112 cm³/mol. The second-order valence-electron chi connectivity index (χ2n) is 6.71. The molecule has 154 valence electrons. The molecule has 1 saturated heterocycles. The average Bonchev–Trinajstić information content (AvgIpc) is 2.73. The van der Waals surface area contributed by atoms with Crippen LogP contribution < -0.4 is 14.8 Å². The van der Waals surface area contributed by atoms with E-state index >= 15 is 0 Å². The first kappa shape index (κ1) is 20.9. The van der Waals surface area contributed by atoms with Crippen LogP contribution in [-0.2, 0) is 16.2 Å². The van der Waals surface area contributed by atoms with Gasteiger partial charge in [-0.15, -0.1) is 6.58 Å². The lowest BCUT2D eigenvalue weighted by Gasteiger charge is -2.25. The van der Waals surface area contributed by atoms with Crippen LogP contribution in [0.5, 0.6) is 11.5 Å². The molecule has 0 aliphatic carbocycles. The van der Waals surface area contributed by atoms with E-state index in [9.17, 15) is 14.4 Å². The smallest absolute Gasteiger partial charge is 0.331 e. The maximum atomic E-state index is 12.5. The van der Waals surface area contributed by atoms with Gasteiger partial charge in [0.25, 0.3) is 11.8 Å². The molecule has 0 radical (unpaired) electrons. The van der Waals surface area contributed by atoms with Crippen molar-refractivity contribution >= 4 is 23.9 Å². The summed E-state index contributed by atoms with van der Waals surface area (Å²) in [6, 6.07) is 12.3. The van der Waals surface area contributed by atoms with Gasteiger partial charge in [-0.05, 0) is 36.3 Å². The van der Waals surface area contributed by atoms with Gasteiger partial charge >= 0.3 is 6.03 Å². The molecular weight excluding hydrogens is 384 g/mol. The molecule has 0 saturated carbocycles. The standard InChI is InChI=1S/C23H22N2O5/c1-4-10-25-22(27)18(21(26)24-23(25)28)12-16-8-9-19(20(13-16)29-3)30-14-17-7-5-6-15(2)11-17/h4-9,11-13H,1,10,14H2,2-3H3,(H,24,26,28)/b18-12-. The molecular formula is C23H22N2O5. The number of carbonyl (C=O) groups is 3. The van der Waals surface area contributed by atoms with Crippen LogP contribution in [-0.4, -0.2) is 36.4 Å². The van der Waals surface area contributed by atoms with Crippen LogP contribution in [0.15, 0.2) is 60.7 Å². The summed E-state index contributed by atoms with van der Waals surface area (Å²) in [7, 11) is 1.51. The molecule has 0 spiro atoms. The van der Waals surface area contributed by atoms with Crippen LogP contribution in [0.1, 0.15) is 16.7 Å². The van der Waals surface area contributed by atoms with Gasteiger partial charge < -0.3 is 9.47 Å². The Morgan fingerprint density at radius 3 is 2.60 bits per heavy atom. The molecule has 3 rings (SSSR count). The minimum Gasteiger partial charge on any atom is -0.493 e. The van der Waals surface area contributed by atoms with E-state index in [4.69, 9.17) is 9.47 Å². The van der Waals surface area contributed by atoms with Gasteiger partial charge in [0.1, 0.15) is 12.2 Å². The van der Waals surface area contributed by atoms with Gasteiger partial charge in [-0.3, -0.25) is 19.8 Å². The first-order valence-corrected chi connectivity index (χ1v) is 9.29. The molecule has 1 N–H and O–H groups in total. The van der Waals surface area contributed by atoms with E-state index in [0.717, 1.165) is 16.0 Å². The van der Waals surface area contributed by atoms with Gasteiger partial charge in [0.05, 0.1) is 7.11 Å². The largest absolute Gasteiger partial charge is 0.493 e. The Morgan fingerprint density at radius 1 is 1.10 bits per heavy atom. The molecule has 30 heavy (non-hydrogen) atoms. The van der Waals surface area contributed by atoms with Crippen molar-refractivity contribution in [3.63, 3.8) is 0 Å². The molecule has 2 aromatic carbocycles. The second-order valence-corrected chi connectivity index (χ2v) is 6.71. The first-order chi connectivity index (χ1) is 14.4. The average molecular weight is 406 g/mol. The minimum absolute atomic E-state index is 0.00431. The highest BCUT2D eigenvalue weighted by Gasteiger charge is 2.34. The third-order valence-corrected chi connectivity index (χ3v) is 4.47. The van der Waals surface area contributed by atoms with Crippen molar-refractivity contribution in [2.75, 3.05) is 13.7 Å². The Kier molecular flexibility index (Phi) is 6.32. The highest BCUT2D eigenvalue weighted by Crippen LogP contribution is 2.30. The Labute approximate surface area is 174 Å². The lowest BCUT2D eigenvalue weighted by molar-refractivity contribution is -0.129. The van der Waals surface area contributed by atoms with Crippen LogP contribution in [0.4, 0.5) is 4.79 Å². The first-order valence-electron chi connectivity index (χ1n) is 9.29. The molecule has 2 aromatic rings. The number of urea groups is 1. The lowest BCUT2D eigenvalue weighted by Crippen LogP contribution is -2.54. The molecule has 1 fully saturated rings. The number of nitrogens with zero attached hydrogens (tertiary/aromatic N) is 1. The third kappa shape index (κ3) is 4.57. The van der Waals surface area contributed by atoms with Crippen molar-refractivity contribution in [3.8, 4) is 11.5 Å². The fourth-order valence-corrected chi connectivity index (χ4v) is 3.01. The lowest BCUT2D eigenvalue weighted by atomic mass is 10.1. The van der Waals surface area contributed by atoms with E-state index in [1.807, 2.05) is 31.2 Å². The molecule has 0 aromatic heterocycles. The van der Waals surface area contributed by atoms with Gasteiger partial charge in [-0.1, -0.05) is 42.0 Å². The number of methoxy groups -OCH3 is 1. The number of ether oxygens (including phenoxy) is 2. The van der Waals surface area contributed by atoms with E-state index in [0.29, 0.717) is 23.7 Å². The highest BCUT2D eigenvalue weighted by molar-refractivity contribution is 6.31. The summed E-state index contributed by atoms with van der Waals surface area (Å²) in [6.07, 6.45) is 2.82. The van der Waals surface area contributed by atoms with Crippen molar-refractivity contribution in [2.24, 2.45) is 0 Å². The number of hydrogen-bond donors (Lipinski definition) is 1. The maximum Gasteiger partial charge on any atom is 0.331 e. The van der Waals surface area contributed by atoms with Crippen molar-refractivity contribution in [2.45, 2.75) is 13.5 Å². The van der Waals surface area contributed by atoms with Crippen LogP contribution in [0, 0.1) is 6.92 Å². The topological polar surface area (TPSA) is 84.9 Å². The number of rotatable bonds is 7. The van der Waals surface area contributed by atoms with Crippen LogP contribution in [0.25, 0.3) is 6.08 Å². The maximum absolute atomic E-state index is 12.5. The van der Waals surface area contributed by atoms with Crippen molar-refractivity contribution in [1.82, 2.24) is 10.2 Å². The fraction of sp³-hybridized carbons (Fsp3) is 0.174. The van der Waals surface area contributed by atoms with Gasteiger partial charge in [-0.2, -0.15) is 0 Å². The normalized spacial score (nSPS) is 15.2. The molecule has 0 bridgehead atoms. The van der Waals surface area contributed by atoms with Gasteiger partial charge in [-0.25, -0.2) is 4.79 Å². The number of benzene rings is 2. The number of imide groups is 2. The minimum atomic E-state index is -0.764. The molecule has 7 heteroatoms. The Morgan fingerprint density at radius 2 is 1.90 bits per heavy atom. The van der Waals surface area contributed by atoms with Gasteiger partial charge in [0.15, 0.2) is 11.5 Å². The summed E-state index contributed by atoms with van der Waals surface area (Å²) in [5, 5.41) is 2.15. The number of amides is 4. The van der Waals surface area contributed by atoms with Crippen LogP contribution in [0.2, 0.25) is 0 Å². The second kappa shape index (κ2) is 9.09. The molecule has 4 amide bonds. The van der Waals surface area contributed by atoms with Crippen molar-refractivity contribution < 1.29 is 23.9 Å². The zero-order chi connectivity index (χ0) is 21.7. The van der Waals surface area contributed by atoms with Crippen LogP contribution >= 0.6 is 0 Å². The van der Waals surface area contributed by atoms with E-state index < -0.39 is 17.8 Å². The summed E-state index contributed by atoms with van der Waals surface area (Å²) in [4.78, 5) is 37.4. The van der Waals surface area contributed by atoms with E-state index in [1.165, 1.54) is 19.3 Å². The molecule has 1 aliphatic rings. The highest BCUT2D eigenvalue weighted by atomic mass is 16.5. The summed E-state index contributed by atoms with van der Waals surface area (Å²) >= 11 is 0. The molecule has 0 atom stereocenters. The quantitative estimate of drug-likeness (QED) is 0.434. The number of hydrogen-bond acceptors (Lipinski definition) is 5. The number of barbiturate groups is 1. The fourth-order valence-electron chi connectivity index (χ4n) is 3.01. The Hall–Kier alpha value is -3.87. The molecule has 7 nitrogen and oxygen atoms in total. The number of carbonyl (C=O) groups excluding carboxylic acids is 3. The predicted octanol–water partition coefficient (Wildman–Crippen LogP) is 3.23. The third-order valence-electron chi connectivity index (χ3n) is 4.47. The summed E-state index contributed by atoms with van der Waals surface area (Å²) < 4.78 is 11.3. The molecule has 1 heterocycles. The SMILES string of the molecule is C=CCN1C(=O)NC(=O)/C(=C/c2ccc(OCc3cccc(C)c3)c(OC)c2)C1=O. The summed E-state index contributed by atoms with van der Waals surface area (Å²) in [6.45, 7) is 5.91. The molecule has 0 unspecified atom stereocenters. The van der Waals surface area contributed by atoms with Crippen molar-refractivity contribution in [1.29, 1.82) is 0 Å².